The predicted molar refractivity (Wildman–Crippen MR) is 71.5 cm³/mol. The molecule has 0 atom stereocenters. The van der Waals surface area contributed by atoms with Gasteiger partial charge in [-0.2, -0.15) is 0 Å². The van der Waals surface area contributed by atoms with Crippen LogP contribution >= 0.6 is 10.7 Å². The monoisotopic (exact) mass is 292 g/mol. The lowest BCUT2D eigenvalue weighted by Crippen LogP contribution is -2.02. The second-order valence-corrected chi connectivity index (χ2v) is 6.78. The fourth-order valence-electron chi connectivity index (χ4n) is 1.46. The van der Waals surface area contributed by atoms with E-state index < -0.39 is 9.05 Å². The van der Waals surface area contributed by atoms with Gasteiger partial charge in [0.1, 0.15) is 5.75 Å². The van der Waals surface area contributed by atoms with Crippen LogP contribution in [0.5, 0.6) is 5.75 Å². The Hall–Kier alpha value is -0.780. The Balaban J connectivity index is 2.28. The Morgan fingerprint density at radius 2 is 2.06 bits per heavy atom. The first-order valence-electron chi connectivity index (χ1n) is 5.64. The Kier molecular flexibility index (Phi) is 6.46. The molecule has 6 heteroatoms. The summed E-state index contributed by atoms with van der Waals surface area (Å²) in [5, 5.41) is 0. The lowest BCUT2D eigenvalue weighted by atomic mass is 10.2. The second kappa shape index (κ2) is 7.61. The average Bonchev–Trinajstić information content (AvgIpc) is 2.28. The third kappa shape index (κ3) is 6.83. The van der Waals surface area contributed by atoms with E-state index in [9.17, 15) is 8.42 Å². The summed E-state index contributed by atoms with van der Waals surface area (Å²) >= 11 is 0. The largest absolute Gasteiger partial charge is 0.494 e. The quantitative estimate of drug-likeness (QED) is 0.546. The van der Waals surface area contributed by atoms with Gasteiger partial charge in [0.15, 0.2) is 0 Å². The van der Waals surface area contributed by atoms with Gasteiger partial charge in [-0.15, -0.1) is 0 Å². The summed E-state index contributed by atoms with van der Waals surface area (Å²) in [5.74, 6) is 0.750. The van der Waals surface area contributed by atoms with Crippen LogP contribution in [-0.4, -0.2) is 27.9 Å². The van der Waals surface area contributed by atoms with Gasteiger partial charge in [0.25, 0.3) is 0 Å². The molecule has 0 saturated heterocycles. The fourth-order valence-corrected chi connectivity index (χ4v) is 2.33. The molecule has 0 spiro atoms. The Morgan fingerprint density at radius 3 is 2.72 bits per heavy atom. The fraction of sp³-hybridized carbons (Fsp3) is 0.500. The molecule has 1 aromatic rings. The summed E-state index contributed by atoms with van der Waals surface area (Å²) in [5.41, 5.74) is 1.04. The summed E-state index contributed by atoms with van der Waals surface area (Å²) in [6, 6.07) is 7.61. The summed E-state index contributed by atoms with van der Waals surface area (Å²) in [7, 11) is 3.36. The first-order valence-corrected chi connectivity index (χ1v) is 8.12. The van der Waals surface area contributed by atoms with Crippen LogP contribution < -0.4 is 4.74 Å². The van der Waals surface area contributed by atoms with Crippen LogP contribution in [0.25, 0.3) is 0 Å². The first-order chi connectivity index (χ1) is 8.51. The van der Waals surface area contributed by atoms with E-state index in [4.69, 9.17) is 20.2 Å². The summed E-state index contributed by atoms with van der Waals surface area (Å²) in [6.45, 7) is 1.02. The van der Waals surface area contributed by atoms with Crippen molar-refractivity contribution in [1.29, 1.82) is 0 Å². The van der Waals surface area contributed by atoms with E-state index in [1.54, 1.807) is 7.11 Å². The number of ether oxygens (including phenoxy) is 2. The van der Waals surface area contributed by atoms with Crippen molar-refractivity contribution in [1.82, 2.24) is 0 Å². The van der Waals surface area contributed by atoms with Gasteiger partial charge in [-0.3, -0.25) is 0 Å². The Morgan fingerprint density at radius 1 is 1.28 bits per heavy atom. The van der Waals surface area contributed by atoms with Crippen LogP contribution in [0.3, 0.4) is 0 Å². The number of hydrogen-bond acceptors (Lipinski definition) is 4. The summed E-state index contributed by atoms with van der Waals surface area (Å²) in [4.78, 5) is 0. The molecule has 0 amide bonds. The minimum Gasteiger partial charge on any atom is -0.494 e. The Bertz CT molecular complexity index is 459. The van der Waals surface area contributed by atoms with Gasteiger partial charge in [-0.25, -0.2) is 8.42 Å². The molecule has 0 unspecified atom stereocenters. The normalized spacial score (nSPS) is 11.4. The molecule has 102 valence electrons. The number of hydrogen-bond donors (Lipinski definition) is 0. The van der Waals surface area contributed by atoms with Crippen molar-refractivity contribution >= 4 is 19.7 Å². The second-order valence-electron chi connectivity index (χ2n) is 3.88. The maximum absolute atomic E-state index is 10.7. The van der Waals surface area contributed by atoms with Crippen molar-refractivity contribution in [3.05, 3.63) is 29.8 Å². The van der Waals surface area contributed by atoms with Gasteiger partial charge in [-0.05, 0) is 30.5 Å². The van der Waals surface area contributed by atoms with Gasteiger partial charge >= 0.3 is 0 Å². The standard InChI is InChI=1S/C12H17ClO4S/c1-16-10-11-5-4-6-12(9-11)17-7-2-3-8-18(13,14)15/h4-6,9H,2-3,7-8,10H2,1H3. The van der Waals surface area contributed by atoms with E-state index in [2.05, 4.69) is 0 Å². The highest BCUT2D eigenvalue weighted by Gasteiger charge is 2.04. The lowest BCUT2D eigenvalue weighted by molar-refractivity contribution is 0.184. The highest BCUT2D eigenvalue weighted by atomic mass is 35.7. The SMILES string of the molecule is COCc1cccc(OCCCCS(=O)(=O)Cl)c1. The molecule has 0 fully saturated rings. The van der Waals surface area contributed by atoms with E-state index >= 15 is 0 Å². The predicted octanol–water partition coefficient (Wildman–Crippen LogP) is 2.56. The smallest absolute Gasteiger partial charge is 0.232 e. The van der Waals surface area contributed by atoms with Crippen molar-refractivity contribution in [2.24, 2.45) is 0 Å². The van der Waals surface area contributed by atoms with E-state index in [1.807, 2.05) is 24.3 Å². The first kappa shape index (κ1) is 15.3. The molecular weight excluding hydrogens is 276 g/mol. The maximum atomic E-state index is 10.7. The van der Waals surface area contributed by atoms with Crippen LogP contribution in [0.4, 0.5) is 0 Å². The highest BCUT2D eigenvalue weighted by Crippen LogP contribution is 2.14. The van der Waals surface area contributed by atoms with E-state index in [0.717, 1.165) is 11.3 Å². The zero-order chi connectivity index (χ0) is 13.4. The van der Waals surface area contributed by atoms with Crippen LogP contribution in [0.2, 0.25) is 0 Å². The molecule has 4 nitrogen and oxygen atoms in total. The molecule has 0 radical (unpaired) electrons. The molecule has 18 heavy (non-hydrogen) atoms. The minimum atomic E-state index is -3.38. The zero-order valence-corrected chi connectivity index (χ0v) is 11.8. The van der Waals surface area contributed by atoms with Crippen molar-refractivity contribution in [3.63, 3.8) is 0 Å². The maximum Gasteiger partial charge on any atom is 0.232 e. The molecule has 1 aromatic carbocycles. The van der Waals surface area contributed by atoms with Crippen LogP contribution in [0, 0.1) is 0 Å². The van der Waals surface area contributed by atoms with Crippen molar-refractivity contribution < 1.29 is 17.9 Å². The van der Waals surface area contributed by atoms with E-state index in [-0.39, 0.29) is 5.75 Å². The topological polar surface area (TPSA) is 52.6 Å². The van der Waals surface area contributed by atoms with Crippen molar-refractivity contribution in [2.75, 3.05) is 19.5 Å². The molecular formula is C12H17ClO4S. The Labute approximate surface area is 112 Å². The third-order valence-electron chi connectivity index (χ3n) is 2.26. The van der Waals surface area contributed by atoms with Gasteiger partial charge in [0.05, 0.1) is 19.0 Å². The molecule has 0 aliphatic carbocycles. The number of halogens is 1. The minimum absolute atomic E-state index is 0.0123. The van der Waals surface area contributed by atoms with Crippen molar-refractivity contribution in [2.45, 2.75) is 19.4 Å². The third-order valence-corrected chi connectivity index (χ3v) is 3.50. The van der Waals surface area contributed by atoms with Gasteiger partial charge in [0, 0.05) is 17.8 Å². The molecule has 0 aliphatic heterocycles. The number of rotatable bonds is 8. The van der Waals surface area contributed by atoms with E-state index in [1.165, 1.54) is 0 Å². The van der Waals surface area contributed by atoms with Crippen LogP contribution in [-0.2, 0) is 20.4 Å². The number of methoxy groups -OCH3 is 1. The molecule has 0 saturated carbocycles. The molecule has 0 aromatic heterocycles. The average molecular weight is 293 g/mol. The van der Waals surface area contributed by atoms with Gasteiger partial charge < -0.3 is 9.47 Å². The number of benzene rings is 1. The summed E-state index contributed by atoms with van der Waals surface area (Å²) in [6.07, 6.45) is 1.16. The molecule has 0 heterocycles. The molecule has 0 N–H and O–H groups in total. The highest BCUT2D eigenvalue weighted by molar-refractivity contribution is 8.13. The molecule has 1 rings (SSSR count). The summed E-state index contributed by atoms with van der Waals surface area (Å²) < 4.78 is 31.9. The van der Waals surface area contributed by atoms with Gasteiger partial charge in [0.2, 0.25) is 9.05 Å². The van der Waals surface area contributed by atoms with E-state index in [0.29, 0.717) is 26.1 Å². The molecule has 0 bridgehead atoms. The number of unbranched alkanes of at least 4 members (excludes halogenated alkanes) is 1. The lowest BCUT2D eigenvalue weighted by Gasteiger charge is -2.07. The van der Waals surface area contributed by atoms with Gasteiger partial charge in [-0.1, -0.05) is 12.1 Å². The van der Waals surface area contributed by atoms with Crippen LogP contribution in [0.1, 0.15) is 18.4 Å². The zero-order valence-electron chi connectivity index (χ0n) is 10.3. The molecule has 0 aliphatic rings. The van der Waals surface area contributed by atoms with Crippen LogP contribution in [0.15, 0.2) is 24.3 Å². The van der Waals surface area contributed by atoms with Crippen molar-refractivity contribution in [3.8, 4) is 5.75 Å².